The van der Waals surface area contributed by atoms with Crippen molar-refractivity contribution >= 4 is 9.84 Å². The molecule has 0 aliphatic heterocycles. The van der Waals surface area contributed by atoms with E-state index in [9.17, 15) is 12.8 Å². The summed E-state index contributed by atoms with van der Waals surface area (Å²) in [7, 11) is -3.19. The average Bonchev–Trinajstić information content (AvgIpc) is 2.16. The van der Waals surface area contributed by atoms with Crippen molar-refractivity contribution in [3.63, 3.8) is 0 Å². The SMILES string of the molecule is CCS(=O)(=O)Cc1cc(F)cc(C#N)c1. The summed E-state index contributed by atoms with van der Waals surface area (Å²) in [5.74, 6) is -0.809. The zero-order valence-corrected chi connectivity index (χ0v) is 9.01. The Bertz CT molecular complexity index is 503. The molecule has 0 atom stereocenters. The number of sulfone groups is 1. The van der Waals surface area contributed by atoms with Crippen molar-refractivity contribution in [2.75, 3.05) is 5.75 Å². The van der Waals surface area contributed by atoms with E-state index in [-0.39, 0.29) is 17.1 Å². The molecule has 1 rings (SSSR count). The van der Waals surface area contributed by atoms with E-state index in [1.54, 1.807) is 6.07 Å². The molecule has 0 saturated heterocycles. The highest BCUT2D eigenvalue weighted by Gasteiger charge is 2.10. The quantitative estimate of drug-likeness (QED) is 0.788. The van der Waals surface area contributed by atoms with Crippen LogP contribution < -0.4 is 0 Å². The molecule has 0 bridgehead atoms. The van der Waals surface area contributed by atoms with Crippen molar-refractivity contribution in [1.82, 2.24) is 0 Å². The van der Waals surface area contributed by atoms with Gasteiger partial charge in [0.1, 0.15) is 5.82 Å². The second-order valence-corrected chi connectivity index (χ2v) is 5.49. The number of nitriles is 1. The first-order valence-corrected chi connectivity index (χ1v) is 6.19. The maximum atomic E-state index is 12.9. The van der Waals surface area contributed by atoms with Gasteiger partial charge in [0.15, 0.2) is 9.84 Å². The fourth-order valence-electron chi connectivity index (χ4n) is 1.15. The van der Waals surface area contributed by atoms with Crippen LogP contribution in [0, 0.1) is 17.1 Å². The Kier molecular flexibility index (Phi) is 3.43. The Morgan fingerprint density at radius 1 is 1.40 bits per heavy atom. The summed E-state index contributed by atoms with van der Waals surface area (Å²) in [4.78, 5) is 0. The van der Waals surface area contributed by atoms with E-state index in [1.165, 1.54) is 13.0 Å². The van der Waals surface area contributed by atoms with Gasteiger partial charge in [0.2, 0.25) is 0 Å². The van der Waals surface area contributed by atoms with Gasteiger partial charge in [0.25, 0.3) is 0 Å². The fraction of sp³-hybridized carbons (Fsp3) is 0.300. The third kappa shape index (κ3) is 3.33. The minimum atomic E-state index is -3.19. The van der Waals surface area contributed by atoms with Crippen LogP contribution in [0.5, 0.6) is 0 Å². The third-order valence-corrected chi connectivity index (χ3v) is 3.57. The molecule has 1 aromatic carbocycles. The molecular weight excluding hydrogens is 217 g/mol. The molecule has 0 saturated carbocycles. The zero-order valence-electron chi connectivity index (χ0n) is 8.20. The molecule has 0 aromatic heterocycles. The molecule has 0 fully saturated rings. The van der Waals surface area contributed by atoms with E-state index in [2.05, 4.69) is 0 Å². The van der Waals surface area contributed by atoms with Gasteiger partial charge in [-0.2, -0.15) is 5.26 Å². The van der Waals surface area contributed by atoms with Gasteiger partial charge in [-0.15, -0.1) is 0 Å². The summed E-state index contributed by atoms with van der Waals surface area (Å²) in [6.45, 7) is 1.53. The molecule has 0 aliphatic carbocycles. The second kappa shape index (κ2) is 4.41. The van der Waals surface area contributed by atoms with Gasteiger partial charge in [-0.1, -0.05) is 6.92 Å². The number of halogens is 1. The number of benzene rings is 1. The Morgan fingerprint density at radius 3 is 2.60 bits per heavy atom. The summed E-state index contributed by atoms with van der Waals surface area (Å²) in [5.41, 5.74) is 0.449. The van der Waals surface area contributed by atoms with E-state index in [4.69, 9.17) is 5.26 Å². The summed E-state index contributed by atoms with van der Waals surface area (Å²) >= 11 is 0. The third-order valence-electron chi connectivity index (χ3n) is 1.91. The van der Waals surface area contributed by atoms with Crippen LogP contribution in [-0.4, -0.2) is 14.2 Å². The van der Waals surface area contributed by atoms with Crippen molar-refractivity contribution in [3.05, 3.63) is 35.1 Å². The van der Waals surface area contributed by atoms with E-state index >= 15 is 0 Å². The van der Waals surface area contributed by atoms with Crippen LogP contribution in [0.4, 0.5) is 4.39 Å². The summed E-state index contributed by atoms with van der Waals surface area (Å²) in [5, 5.41) is 8.58. The highest BCUT2D eigenvalue weighted by atomic mass is 32.2. The van der Waals surface area contributed by atoms with Crippen molar-refractivity contribution in [1.29, 1.82) is 5.26 Å². The molecule has 3 nitrogen and oxygen atoms in total. The molecule has 0 aliphatic rings. The summed E-state index contributed by atoms with van der Waals surface area (Å²) < 4.78 is 35.5. The first kappa shape index (κ1) is 11.7. The molecule has 5 heteroatoms. The predicted molar refractivity (Wildman–Crippen MR) is 54.3 cm³/mol. The molecule has 80 valence electrons. The van der Waals surface area contributed by atoms with Crippen molar-refractivity contribution < 1.29 is 12.8 Å². The lowest BCUT2D eigenvalue weighted by Crippen LogP contribution is -2.07. The number of hydrogen-bond acceptors (Lipinski definition) is 3. The van der Waals surface area contributed by atoms with Gasteiger partial charge >= 0.3 is 0 Å². The first-order chi connectivity index (χ1) is 6.96. The lowest BCUT2D eigenvalue weighted by Gasteiger charge is -2.02. The highest BCUT2D eigenvalue weighted by molar-refractivity contribution is 7.90. The van der Waals surface area contributed by atoms with Crippen molar-refractivity contribution in [3.8, 4) is 6.07 Å². The molecule has 0 radical (unpaired) electrons. The Labute approximate surface area is 88.1 Å². The molecular formula is C10H10FNO2S. The summed E-state index contributed by atoms with van der Waals surface area (Å²) in [6.07, 6.45) is 0. The molecule has 0 N–H and O–H groups in total. The second-order valence-electron chi connectivity index (χ2n) is 3.14. The van der Waals surface area contributed by atoms with Crippen molar-refractivity contribution in [2.45, 2.75) is 12.7 Å². The maximum Gasteiger partial charge on any atom is 0.154 e. The number of rotatable bonds is 3. The van der Waals surface area contributed by atoms with Crippen LogP contribution in [-0.2, 0) is 15.6 Å². The van der Waals surface area contributed by atoms with Gasteiger partial charge in [-0.25, -0.2) is 12.8 Å². The largest absolute Gasteiger partial charge is 0.229 e. The van der Waals surface area contributed by atoms with Gasteiger partial charge in [0.05, 0.1) is 17.4 Å². The van der Waals surface area contributed by atoms with Crippen LogP contribution in [0.2, 0.25) is 0 Å². The monoisotopic (exact) mass is 227 g/mol. The topological polar surface area (TPSA) is 57.9 Å². The fourth-order valence-corrected chi connectivity index (χ4v) is 2.03. The minimum Gasteiger partial charge on any atom is -0.229 e. The van der Waals surface area contributed by atoms with Crippen LogP contribution in [0.25, 0.3) is 0 Å². The first-order valence-electron chi connectivity index (χ1n) is 4.37. The van der Waals surface area contributed by atoms with Crippen LogP contribution in [0.3, 0.4) is 0 Å². The van der Waals surface area contributed by atoms with E-state index in [0.717, 1.165) is 12.1 Å². The van der Waals surface area contributed by atoms with Gasteiger partial charge in [-0.05, 0) is 23.8 Å². The molecule has 15 heavy (non-hydrogen) atoms. The van der Waals surface area contributed by atoms with E-state index in [1.807, 2.05) is 0 Å². The zero-order chi connectivity index (χ0) is 11.5. The summed E-state index contributed by atoms with van der Waals surface area (Å²) in [6, 6.07) is 5.37. The van der Waals surface area contributed by atoms with Gasteiger partial charge < -0.3 is 0 Å². The Morgan fingerprint density at radius 2 is 2.07 bits per heavy atom. The Hall–Kier alpha value is -1.41. The molecule has 0 amide bonds. The standard InChI is InChI=1S/C10H10FNO2S/c1-2-15(13,14)7-9-3-8(6-12)4-10(11)5-9/h3-5H,2,7H2,1H3. The maximum absolute atomic E-state index is 12.9. The van der Waals surface area contributed by atoms with Crippen LogP contribution >= 0.6 is 0 Å². The van der Waals surface area contributed by atoms with E-state index in [0.29, 0.717) is 5.56 Å². The molecule has 0 spiro atoms. The van der Waals surface area contributed by atoms with Crippen LogP contribution in [0.1, 0.15) is 18.1 Å². The van der Waals surface area contributed by atoms with E-state index < -0.39 is 15.7 Å². The smallest absolute Gasteiger partial charge is 0.154 e. The van der Waals surface area contributed by atoms with Gasteiger partial charge in [-0.3, -0.25) is 0 Å². The minimum absolute atomic E-state index is 0.00536. The van der Waals surface area contributed by atoms with Gasteiger partial charge in [0, 0.05) is 5.75 Å². The highest BCUT2D eigenvalue weighted by Crippen LogP contribution is 2.12. The molecule has 0 unspecified atom stereocenters. The number of hydrogen-bond donors (Lipinski definition) is 0. The van der Waals surface area contributed by atoms with Crippen molar-refractivity contribution in [2.24, 2.45) is 0 Å². The lowest BCUT2D eigenvalue weighted by atomic mass is 10.1. The lowest BCUT2D eigenvalue weighted by molar-refractivity contribution is 0.596. The molecule has 0 heterocycles. The average molecular weight is 227 g/mol. The predicted octanol–water partition coefficient (Wildman–Crippen LogP) is 1.63. The van der Waals surface area contributed by atoms with Crippen LogP contribution in [0.15, 0.2) is 18.2 Å². The number of nitrogens with zero attached hydrogens (tertiary/aromatic N) is 1. The Balaban J connectivity index is 3.07. The molecule has 1 aromatic rings. The normalized spacial score (nSPS) is 11.0.